The first-order valence-corrected chi connectivity index (χ1v) is 9.73. The van der Waals surface area contributed by atoms with Crippen molar-refractivity contribution in [3.8, 4) is 0 Å². The molecule has 0 unspecified atom stereocenters. The highest BCUT2D eigenvalue weighted by molar-refractivity contribution is 5.92. The first kappa shape index (κ1) is 19.9. The molecule has 0 aliphatic heterocycles. The summed E-state index contributed by atoms with van der Waals surface area (Å²) in [5.74, 6) is 0.687. The highest BCUT2D eigenvalue weighted by atomic mass is 19.1. The van der Waals surface area contributed by atoms with E-state index in [1.807, 2.05) is 24.3 Å². The third-order valence-electron chi connectivity index (χ3n) is 4.98. The maximum atomic E-state index is 13.0. The molecule has 1 fully saturated rings. The molecule has 3 rings (SSSR count). The summed E-state index contributed by atoms with van der Waals surface area (Å²) >= 11 is 0. The van der Waals surface area contributed by atoms with Gasteiger partial charge in [0, 0.05) is 31.7 Å². The maximum Gasteiger partial charge on any atom is 0.227 e. The Morgan fingerprint density at radius 3 is 2.39 bits per heavy atom. The van der Waals surface area contributed by atoms with Crippen LogP contribution in [0.25, 0.3) is 0 Å². The fourth-order valence-electron chi connectivity index (χ4n) is 3.39. The molecule has 148 valence electrons. The average molecular weight is 382 g/mol. The molecular formula is C22H27FN4O. The van der Waals surface area contributed by atoms with Crippen molar-refractivity contribution in [1.29, 1.82) is 0 Å². The van der Waals surface area contributed by atoms with Crippen LogP contribution in [-0.4, -0.2) is 18.9 Å². The standard InChI is InChI=1S/C22H27FN4O/c1-24-22(25-14-16-9-11-19(23)12-10-16)26-15-17-5-4-8-20(13-17)27-21(28)18-6-2-3-7-18/h4-5,8-13,18H,2-3,6-7,14-15H2,1H3,(H,27,28)(H2,24,25,26). The second-order valence-electron chi connectivity index (χ2n) is 7.08. The zero-order valence-electron chi connectivity index (χ0n) is 16.2. The Kier molecular flexibility index (Phi) is 7.00. The van der Waals surface area contributed by atoms with Gasteiger partial charge in [-0.2, -0.15) is 0 Å². The molecule has 1 aliphatic rings. The zero-order chi connectivity index (χ0) is 19.8. The normalized spacial score (nSPS) is 14.7. The van der Waals surface area contributed by atoms with E-state index < -0.39 is 0 Å². The summed E-state index contributed by atoms with van der Waals surface area (Å²) in [6, 6.07) is 14.2. The van der Waals surface area contributed by atoms with Crippen molar-refractivity contribution in [2.75, 3.05) is 12.4 Å². The van der Waals surface area contributed by atoms with E-state index in [0.717, 1.165) is 42.5 Å². The monoisotopic (exact) mass is 382 g/mol. The van der Waals surface area contributed by atoms with Crippen LogP contribution in [0.3, 0.4) is 0 Å². The van der Waals surface area contributed by atoms with E-state index in [9.17, 15) is 9.18 Å². The summed E-state index contributed by atoms with van der Waals surface area (Å²) in [6.45, 7) is 1.13. The molecule has 0 atom stereocenters. The lowest BCUT2D eigenvalue weighted by molar-refractivity contribution is -0.119. The van der Waals surface area contributed by atoms with Crippen LogP contribution in [0.4, 0.5) is 10.1 Å². The Morgan fingerprint density at radius 2 is 1.71 bits per heavy atom. The van der Waals surface area contributed by atoms with Crippen molar-refractivity contribution in [2.45, 2.75) is 38.8 Å². The third kappa shape index (κ3) is 5.81. The first-order valence-electron chi connectivity index (χ1n) is 9.73. The highest BCUT2D eigenvalue weighted by Gasteiger charge is 2.22. The Labute approximate surface area is 165 Å². The average Bonchev–Trinajstić information content (AvgIpc) is 3.25. The summed E-state index contributed by atoms with van der Waals surface area (Å²) in [5, 5.41) is 9.49. The molecule has 0 heterocycles. The van der Waals surface area contributed by atoms with Crippen LogP contribution in [0.15, 0.2) is 53.5 Å². The van der Waals surface area contributed by atoms with E-state index >= 15 is 0 Å². The molecule has 0 saturated heterocycles. The lowest BCUT2D eigenvalue weighted by Crippen LogP contribution is -2.36. The van der Waals surface area contributed by atoms with Crippen molar-refractivity contribution in [1.82, 2.24) is 10.6 Å². The number of hydrogen-bond donors (Lipinski definition) is 3. The number of anilines is 1. The zero-order valence-corrected chi connectivity index (χ0v) is 16.2. The van der Waals surface area contributed by atoms with Gasteiger partial charge >= 0.3 is 0 Å². The quantitative estimate of drug-likeness (QED) is 0.526. The number of guanidine groups is 1. The van der Waals surface area contributed by atoms with Crippen molar-refractivity contribution >= 4 is 17.6 Å². The number of nitrogens with one attached hydrogen (secondary N) is 3. The van der Waals surface area contributed by atoms with Crippen LogP contribution < -0.4 is 16.0 Å². The Hall–Kier alpha value is -2.89. The molecule has 3 N–H and O–H groups in total. The number of halogens is 1. The molecule has 28 heavy (non-hydrogen) atoms. The molecule has 2 aromatic rings. The Morgan fingerprint density at radius 1 is 1.04 bits per heavy atom. The molecule has 6 heteroatoms. The van der Waals surface area contributed by atoms with Gasteiger partial charge in [0.15, 0.2) is 5.96 Å². The van der Waals surface area contributed by atoms with Crippen molar-refractivity contribution < 1.29 is 9.18 Å². The summed E-state index contributed by atoms with van der Waals surface area (Å²) < 4.78 is 13.0. The molecule has 5 nitrogen and oxygen atoms in total. The second kappa shape index (κ2) is 9.88. The van der Waals surface area contributed by atoms with Crippen LogP contribution in [0, 0.1) is 11.7 Å². The van der Waals surface area contributed by atoms with Gasteiger partial charge in [-0.1, -0.05) is 37.1 Å². The van der Waals surface area contributed by atoms with Crippen molar-refractivity contribution in [3.63, 3.8) is 0 Å². The lowest BCUT2D eigenvalue weighted by atomic mass is 10.1. The minimum atomic E-state index is -0.244. The number of benzene rings is 2. The number of hydrogen-bond acceptors (Lipinski definition) is 2. The van der Waals surface area contributed by atoms with E-state index in [1.54, 1.807) is 19.2 Å². The molecule has 1 saturated carbocycles. The first-order chi connectivity index (χ1) is 13.6. The third-order valence-corrected chi connectivity index (χ3v) is 4.98. The maximum absolute atomic E-state index is 13.0. The van der Waals surface area contributed by atoms with Gasteiger partial charge in [0.05, 0.1) is 0 Å². The number of amides is 1. The fourth-order valence-corrected chi connectivity index (χ4v) is 3.39. The van der Waals surface area contributed by atoms with E-state index in [-0.39, 0.29) is 17.6 Å². The summed E-state index contributed by atoms with van der Waals surface area (Å²) in [7, 11) is 1.71. The van der Waals surface area contributed by atoms with Crippen molar-refractivity contribution in [3.05, 3.63) is 65.5 Å². The summed E-state index contributed by atoms with van der Waals surface area (Å²) in [4.78, 5) is 16.5. The van der Waals surface area contributed by atoms with Gasteiger partial charge in [-0.25, -0.2) is 4.39 Å². The molecule has 1 amide bonds. The van der Waals surface area contributed by atoms with Crippen LogP contribution >= 0.6 is 0 Å². The van der Waals surface area contributed by atoms with E-state index in [4.69, 9.17) is 0 Å². The summed E-state index contributed by atoms with van der Waals surface area (Å²) in [5.41, 5.74) is 2.85. The number of aliphatic imine (C=N–C) groups is 1. The molecule has 1 aliphatic carbocycles. The fraction of sp³-hybridized carbons (Fsp3) is 0.364. The van der Waals surface area contributed by atoms with Crippen LogP contribution in [0.5, 0.6) is 0 Å². The van der Waals surface area contributed by atoms with Crippen LogP contribution in [0.1, 0.15) is 36.8 Å². The number of carbonyl (C=O) groups is 1. The Bertz CT molecular complexity index is 814. The molecule has 0 bridgehead atoms. The largest absolute Gasteiger partial charge is 0.352 e. The van der Waals surface area contributed by atoms with Gasteiger partial charge < -0.3 is 16.0 Å². The highest BCUT2D eigenvalue weighted by Crippen LogP contribution is 2.26. The smallest absolute Gasteiger partial charge is 0.227 e. The number of rotatable bonds is 6. The van der Waals surface area contributed by atoms with Gasteiger partial charge in [0.25, 0.3) is 0 Å². The molecule has 0 aromatic heterocycles. The van der Waals surface area contributed by atoms with Gasteiger partial charge in [-0.15, -0.1) is 0 Å². The van der Waals surface area contributed by atoms with Gasteiger partial charge in [0.1, 0.15) is 5.82 Å². The molecule has 0 radical (unpaired) electrons. The van der Waals surface area contributed by atoms with Crippen LogP contribution in [-0.2, 0) is 17.9 Å². The predicted molar refractivity (Wildman–Crippen MR) is 110 cm³/mol. The number of nitrogens with zero attached hydrogens (tertiary/aromatic N) is 1. The predicted octanol–water partition coefficient (Wildman–Crippen LogP) is 3.82. The lowest BCUT2D eigenvalue weighted by Gasteiger charge is -2.14. The minimum absolute atomic E-state index is 0.124. The molecule has 0 spiro atoms. The minimum Gasteiger partial charge on any atom is -0.352 e. The van der Waals surface area contributed by atoms with Crippen molar-refractivity contribution in [2.24, 2.45) is 10.9 Å². The number of carbonyl (C=O) groups excluding carboxylic acids is 1. The topological polar surface area (TPSA) is 65.5 Å². The van der Waals surface area contributed by atoms with E-state index in [0.29, 0.717) is 19.0 Å². The van der Waals surface area contributed by atoms with E-state index in [2.05, 4.69) is 20.9 Å². The van der Waals surface area contributed by atoms with Gasteiger partial charge in [-0.3, -0.25) is 9.79 Å². The van der Waals surface area contributed by atoms with Gasteiger partial charge in [0.2, 0.25) is 5.91 Å². The molecular weight excluding hydrogens is 355 g/mol. The Balaban J connectivity index is 1.49. The summed E-state index contributed by atoms with van der Waals surface area (Å²) in [6.07, 6.45) is 4.27. The van der Waals surface area contributed by atoms with E-state index in [1.165, 1.54) is 12.1 Å². The second-order valence-corrected chi connectivity index (χ2v) is 7.08. The SMILES string of the molecule is CN=C(NCc1ccc(F)cc1)NCc1cccc(NC(=O)C2CCCC2)c1. The molecule has 2 aromatic carbocycles. The van der Waals surface area contributed by atoms with Gasteiger partial charge in [-0.05, 0) is 48.2 Å². The van der Waals surface area contributed by atoms with Crippen LogP contribution in [0.2, 0.25) is 0 Å².